The lowest BCUT2D eigenvalue weighted by molar-refractivity contribution is -0.116. The second-order valence-corrected chi connectivity index (χ2v) is 6.16. The highest BCUT2D eigenvalue weighted by Crippen LogP contribution is 2.11. The molecule has 2 aromatic rings. The molecule has 0 fully saturated rings. The fourth-order valence-electron chi connectivity index (χ4n) is 2.81. The van der Waals surface area contributed by atoms with Crippen molar-refractivity contribution in [1.29, 1.82) is 0 Å². The van der Waals surface area contributed by atoms with Gasteiger partial charge in [0.1, 0.15) is 6.54 Å². The smallest absolute Gasteiger partial charge is 0.246 e. The van der Waals surface area contributed by atoms with E-state index in [4.69, 9.17) is 0 Å². The summed E-state index contributed by atoms with van der Waals surface area (Å²) in [5.74, 6) is 0.678. The van der Waals surface area contributed by atoms with Crippen LogP contribution < -0.4 is 16.0 Å². The number of rotatable bonds is 6. The number of hydrogen-bond acceptors (Lipinski definition) is 3. The molecule has 1 aliphatic carbocycles. The minimum absolute atomic E-state index is 0.106. The van der Waals surface area contributed by atoms with E-state index in [1.54, 1.807) is 30.2 Å². The van der Waals surface area contributed by atoms with Crippen molar-refractivity contribution in [3.63, 3.8) is 0 Å². The lowest BCUT2D eigenvalue weighted by Gasteiger charge is -2.17. The number of nitrogens with one attached hydrogen (secondary N) is 3. The Hall–Kier alpha value is -3.09. The zero-order valence-electron chi connectivity index (χ0n) is 14.9. The van der Waals surface area contributed by atoms with Gasteiger partial charge in [0.2, 0.25) is 5.91 Å². The number of aromatic nitrogens is 2. The summed E-state index contributed by atoms with van der Waals surface area (Å²) in [6.07, 6.45) is 9.83. The molecule has 0 atom stereocenters. The average Bonchev–Trinajstić information content (AvgIpc) is 3.32. The monoisotopic (exact) mass is 352 g/mol. The number of amides is 1. The first-order valence-electron chi connectivity index (χ1n) is 8.71. The third kappa shape index (κ3) is 5.20. The van der Waals surface area contributed by atoms with Crippen molar-refractivity contribution in [2.24, 2.45) is 4.99 Å². The molecule has 0 saturated heterocycles. The van der Waals surface area contributed by atoms with Gasteiger partial charge in [-0.25, -0.2) is 0 Å². The first kappa shape index (κ1) is 17.7. The molecular formula is C19H24N6O. The molecule has 1 heterocycles. The molecule has 1 amide bonds. The van der Waals surface area contributed by atoms with E-state index in [0.717, 1.165) is 30.1 Å². The van der Waals surface area contributed by atoms with E-state index in [1.165, 1.54) is 0 Å². The average molecular weight is 352 g/mol. The summed E-state index contributed by atoms with van der Waals surface area (Å²) < 4.78 is 1.59. The summed E-state index contributed by atoms with van der Waals surface area (Å²) in [5, 5.41) is 13.7. The lowest BCUT2D eigenvalue weighted by Crippen LogP contribution is -2.42. The molecule has 1 aliphatic rings. The van der Waals surface area contributed by atoms with E-state index in [0.29, 0.717) is 12.6 Å². The van der Waals surface area contributed by atoms with Gasteiger partial charge < -0.3 is 16.0 Å². The molecular weight excluding hydrogens is 328 g/mol. The molecule has 0 aliphatic heterocycles. The van der Waals surface area contributed by atoms with Crippen LogP contribution in [0.2, 0.25) is 0 Å². The van der Waals surface area contributed by atoms with Gasteiger partial charge in [-0.3, -0.25) is 14.5 Å². The van der Waals surface area contributed by atoms with Gasteiger partial charge in [-0.2, -0.15) is 5.10 Å². The van der Waals surface area contributed by atoms with E-state index in [9.17, 15) is 4.79 Å². The van der Waals surface area contributed by atoms with E-state index >= 15 is 0 Å². The molecule has 1 aromatic carbocycles. The molecule has 7 heteroatoms. The molecule has 0 spiro atoms. The number of guanidine groups is 1. The molecule has 26 heavy (non-hydrogen) atoms. The molecule has 0 saturated carbocycles. The van der Waals surface area contributed by atoms with Crippen LogP contribution in [0, 0.1) is 0 Å². The van der Waals surface area contributed by atoms with Crippen LogP contribution in [0.3, 0.4) is 0 Å². The van der Waals surface area contributed by atoms with Gasteiger partial charge in [-0.15, -0.1) is 0 Å². The van der Waals surface area contributed by atoms with Crippen molar-refractivity contribution in [2.45, 2.75) is 32.0 Å². The third-order valence-electron chi connectivity index (χ3n) is 4.11. The minimum atomic E-state index is -0.106. The van der Waals surface area contributed by atoms with Crippen molar-refractivity contribution in [3.05, 3.63) is 60.4 Å². The van der Waals surface area contributed by atoms with E-state index in [2.05, 4.69) is 38.2 Å². The van der Waals surface area contributed by atoms with Crippen LogP contribution >= 0.6 is 0 Å². The highest BCUT2D eigenvalue weighted by atomic mass is 16.2. The van der Waals surface area contributed by atoms with Gasteiger partial charge >= 0.3 is 0 Å². The van der Waals surface area contributed by atoms with Crippen molar-refractivity contribution in [2.75, 3.05) is 12.4 Å². The number of carbonyl (C=O) groups excluding carboxylic acids is 1. The Morgan fingerprint density at radius 3 is 2.88 bits per heavy atom. The zero-order chi connectivity index (χ0) is 18.2. The van der Waals surface area contributed by atoms with Gasteiger partial charge in [-0.1, -0.05) is 24.3 Å². The summed E-state index contributed by atoms with van der Waals surface area (Å²) in [6.45, 7) is 0.824. The predicted octanol–water partition coefficient (Wildman–Crippen LogP) is 1.91. The maximum atomic E-state index is 12.1. The van der Waals surface area contributed by atoms with Gasteiger partial charge in [0.05, 0.1) is 0 Å². The van der Waals surface area contributed by atoms with E-state index < -0.39 is 0 Å². The molecule has 0 radical (unpaired) electrons. The first-order valence-corrected chi connectivity index (χ1v) is 8.71. The van der Waals surface area contributed by atoms with Gasteiger partial charge in [0.15, 0.2) is 5.96 Å². The standard InChI is InChI=1S/C19H24N6O/c1-20-19(24-16-7-2-3-8-16)21-13-15-6-4-9-17(12-15)23-18(26)14-25-11-5-10-22-25/h2-6,9-12,16H,7-8,13-14H2,1H3,(H,23,26)(H2,20,21,24). The van der Waals surface area contributed by atoms with Crippen LogP contribution in [0.1, 0.15) is 18.4 Å². The van der Waals surface area contributed by atoms with Crippen LogP contribution in [-0.2, 0) is 17.9 Å². The van der Waals surface area contributed by atoms with Crippen molar-refractivity contribution < 1.29 is 4.79 Å². The van der Waals surface area contributed by atoms with Gasteiger partial charge in [-0.05, 0) is 36.6 Å². The first-order chi connectivity index (χ1) is 12.7. The van der Waals surface area contributed by atoms with Crippen molar-refractivity contribution >= 4 is 17.6 Å². The fourth-order valence-corrected chi connectivity index (χ4v) is 2.81. The van der Waals surface area contributed by atoms with Crippen LogP contribution in [0.4, 0.5) is 5.69 Å². The molecule has 0 unspecified atom stereocenters. The highest BCUT2D eigenvalue weighted by Gasteiger charge is 2.11. The number of anilines is 1. The Balaban J connectivity index is 1.50. The number of aliphatic imine (C=N–C) groups is 1. The van der Waals surface area contributed by atoms with Crippen LogP contribution in [-0.4, -0.2) is 34.7 Å². The largest absolute Gasteiger partial charge is 0.353 e. The summed E-state index contributed by atoms with van der Waals surface area (Å²) >= 11 is 0. The normalized spacial score (nSPS) is 14.4. The Labute approximate surface area is 153 Å². The van der Waals surface area contributed by atoms with E-state index in [-0.39, 0.29) is 12.5 Å². The second-order valence-electron chi connectivity index (χ2n) is 6.16. The fraction of sp³-hybridized carbons (Fsp3) is 0.316. The topological polar surface area (TPSA) is 83.3 Å². The molecule has 1 aromatic heterocycles. The maximum Gasteiger partial charge on any atom is 0.246 e. The van der Waals surface area contributed by atoms with Crippen molar-refractivity contribution in [1.82, 2.24) is 20.4 Å². The summed E-state index contributed by atoms with van der Waals surface area (Å²) in [7, 11) is 1.77. The van der Waals surface area contributed by atoms with Gasteiger partial charge in [0, 0.05) is 37.7 Å². The number of nitrogens with zero attached hydrogens (tertiary/aromatic N) is 3. The van der Waals surface area contributed by atoms with E-state index in [1.807, 2.05) is 24.3 Å². The lowest BCUT2D eigenvalue weighted by atomic mass is 10.2. The summed E-state index contributed by atoms with van der Waals surface area (Å²) in [6, 6.07) is 9.98. The Kier molecular flexibility index (Phi) is 6.03. The van der Waals surface area contributed by atoms with Crippen LogP contribution in [0.15, 0.2) is 59.9 Å². The second kappa shape index (κ2) is 8.84. The van der Waals surface area contributed by atoms with Crippen LogP contribution in [0.25, 0.3) is 0 Å². The summed E-state index contributed by atoms with van der Waals surface area (Å²) in [5.41, 5.74) is 1.83. The summed E-state index contributed by atoms with van der Waals surface area (Å²) in [4.78, 5) is 16.3. The number of benzene rings is 1. The Morgan fingerprint density at radius 2 is 2.15 bits per heavy atom. The van der Waals surface area contributed by atoms with Crippen molar-refractivity contribution in [3.8, 4) is 0 Å². The molecule has 7 nitrogen and oxygen atoms in total. The third-order valence-corrected chi connectivity index (χ3v) is 4.11. The number of carbonyl (C=O) groups is 1. The Morgan fingerprint density at radius 1 is 1.31 bits per heavy atom. The minimum Gasteiger partial charge on any atom is -0.353 e. The highest BCUT2D eigenvalue weighted by molar-refractivity contribution is 5.90. The van der Waals surface area contributed by atoms with Gasteiger partial charge in [0.25, 0.3) is 0 Å². The quantitative estimate of drug-likeness (QED) is 0.421. The Bertz CT molecular complexity index is 773. The van der Waals surface area contributed by atoms with Crippen LogP contribution in [0.5, 0.6) is 0 Å². The maximum absolute atomic E-state index is 12.1. The molecule has 0 bridgehead atoms. The SMILES string of the molecule is CN=C(NCc1cccc(NC(=O)Cn2cccn2)c1)NC1CC=CC1. The zero-order valence-corrected chi connectivity index (χ0v) is 14.9. The molecule has 136 valence electrons. The predicted molar refractivity (Wildman–Crippen MR) is 103 cm³/mol. The molecule has 3 rings (SSSR count). The molecule has 3 N–H and O–H groups in total. The number of hydrogen-bond donors (Lipinski definition) is 3.